The average molecular weight is 443 g/mol. The molecular formula is C25H30O7. The summed E-state index contributed by atoms with van der Waals surface area (Å²) in [6.07, 6.45) is 4.06. The van der Waals surface area contributed by atoms with Gasteiger partial charge in [0.2, 0.25) is 0 Å². The van der Waals surface area contributed by atoms with Gasteiger partial charge in [-0.25, -0.2) is 4.79 Å². The van der Waals surface area contributed by atoms with Crippen molar-refractivity contribution >= 4 is 17.8 Å². The molecule has 0 amide bonds. The smallest absolute Gasteiger partial charge is 0.328 e. The van der Waals surface area contributed by atoms with Crippen LogP contribution in [0.15, 0.2) is 36.4 Å². The van der Waals surface area contributed by atoms with Crippen LogP contribution in [0.2, 0.25) is 0 Å². The van der Waals surface area contributed by atoms with E-state index in [9.17, 15) is 19.8 Å². The van der Waals surface area contributed by atoms with Gasteiger partial charge in [0.25, 0.3) is 0 Å². The summed E-state index contributed by atoms with van der Waals surface area (Å²) >= 11 is 0. The van der Waals surface area contributed by atoms with Crippen molar-refractivity contribution in [3.8, 4) is 23.0 Å². The van der Waals surface area contributed by atoms with Crippen molar-refractivity contribution in [2.75, 3.05) is 13.2 Å². The SMILES string of the molecule is Cc1c(OCCCCOc2ccc(/C=C/C(=O)O)c(O)c2)ccc(C(=O)CC(C)C)c1O. The fourth-order valence-corrected chi connectivity index (χ4v) is 3.04. The molecule has 0 saturated heterocycles. The summed E-state index contributed by atoms with van der Waals surface area (Å²) in [4.78, 5) is 22.8. The van der Waals surface area contributed by atoms with Gasteiger partial charge in [0, 0.05) is 29.7 Å². The van der Waals surface area contributed by atoms with Crippen LogP contribution in [0.5, 0.6) is 23.0 Å². The van der Waals surface area contributed by atoms with Crippen LogP contribution in [0.3, 0.4) is 0 Å². The summed E-state index contributed by atoms with van der Waals surface area (Å²) in [5, 5.41) is 28.9. The number of carboxylic acid groups (broad SMARTS) is 1. The Kier molecular flexibility index (Phi) is 9.13. The second-order valence-corrected chi connectivity index (χ2v) is 7.90. The van der Waals surface area contributed by atoms with Crippen LogP contribution in [0, 0.1) is 12.8 Å². The third kappa shape index (κ3) is 7.34. The Morgan fingerprint density at radius 3 is 2.34 bits per heavy atom. The van der Waals surface area contributed by atoms with Gasteiger partial charge in [0.15, 0.2) is 5.78 Å². The minimum atomic E-state index is -1.09. The first-order valence-corrected chi connectivity index (χ1v) is 10.5. The number of unbranched alkanes of at least 4 members (excludes halogenated alkanes) is 1. The number of carbonyl (C=O) groups is 2. The van der Waals surface area contributed by atoms with E-state index in [2.05, 4.69) is 0 Å². The Morgan fingerprint density at radius 2 is 1.72 bits per heavy atom. The van der Waals surface area contributed by atoms with Crippen molar-refractivity contribution < 1.29 is 34.4 Å². The average Bonchev–Trinajstić information content (AvgIpc) is 2.72. The summed E-state index contributed by atoms with van der Waals surface area (Å²) in [7, 11) is 0. The van der Waals surface area contributed by atoms with Crippen molar-refractivity contribution in [3.05, 3.63) is 53.1 Å². The molecule has 0 aliphatic rings. The minimum Gasteiger partial charge on any atom is -0.507 e. The van der Waals surface area contributed by atoms with E-state index >= 15 is 0 Å². The van der Waals surface area contributed by atoms with E-state index in [4.69, 9.17) is 14.6 Å². The lowest BCUT2D eigenvalue weighted by Gasteiger charge is -2.13. The number of phenolic OH excluding ortho intramolecular Hbond substituents is 2. The molecule has 2 aromatic rings. The Hall–Kier alpha value is -3.48. The van der Waals surface area contributed by atoms with E-state index in [1.165, 1.54) is 12.1 Å². The van der Waals surface area contributed by atoms with Gasteiger partial charge in [-0.3, -0.25) is 4.79 Å². The molecule has 0 spiro atoms. The number of aliphatic carboxylic acids is 1. The molecule has 0 unspecified atom stereocenters. The van der Waals surface area contributed by atoms with Crippen LogP contribution in [0.25, 0.3) is 6.08 Å². The molecule has 0 heterocycles. The topological polar surface area (TPSA) is 113 Å². The summed E-state index contributed by atoms with van der Waals surface area (Å²) in [6, 6.07) is 7.99. The second kappa shape index (κ2) is 11.8. The van der Waals surface area contributed by atoms with Crippen LogP contribution in [-0.4, -0.2) is 40.3 Å². The predicted molar refractivity (Wildman–Crippen MR) is 122 cm³/mol. The van der Waals surface area contributed by atoms with Gasteiger partial charge in [-0.2, -0.15) is 0 Å². The number of benzene rings is 2. The summed E-state index contributed by atoms with van der Waals surface area (Å²) in [5.74, 6) is -0.0187. The molecule has 32 heavy (non-hydrogen) atoms. The number of ketones is 1. The Labute approximate surface area is 187 Å². The van der Waals surface area contributed by atoms with Crippen LogP contribution in [0.4, 0.5) is 0 Å². The largest absolute Gasteiger partial charge is 0.507 e. The molecule has 0 saturated carbocycles. The normalized spacial score (nSPS) is 11.1. The zero-order valence-electron chi connectivity index (χ0n) is 18.6. The highest BCUT2D eigenvalue weighted by atomic mass is 16.5. The van der Waals surface area contributed by atoms with E-state index in [1.54, 1.807) is 31.2 Å². The summed E-state index contributed by atoms with van der Waals surface area (Å²) in [6.45, 7) is 6.48. The van der Waals surface area contributed by atoms with Gasteiger partial charge in [0.1, 0.15) is 23.0 Å². The number of rotatable bonds is 12. The second-order valence-electron chi connectivity index (χ2n) is 7.90. The molecule has 0 aromatic heterocycles. The number of hydrogen-bond donors (Lipinski definition) is 3. The predicted octanol–water partition coefficient (Wildman–Crippen LogP) is 4.97. The number of hydrogen-bond acceptors (Lipinski definition) is 6. The molecule has 2 aromatic carbocycles. The first-order valence-electron chi connectivity index (χ1n) is 10.5. The monoisotopic (exact) mass is 442 g/mol. The maximum atomic E-state index is 12.2. The molecular weight excluding hydrogens is 412 g/mol. The minimum absolute atomic E-state index is 0.0297. The molecule has 0 aliphatic carbocycles. The first-order chi connectivity index (χ1) is 15.2. The third-order valence-corrected chi connectivity index (χ3v) is 4.75. The molecule has 0 bridgehead atoms. The van der Waals surface area contributed by atoms with Crippen molar-refractivity contribution in [1.82, 2.24) is 0 Å². The standard InChI is InChI=1S/C25H30O7/c1-16(2)14-22(27)20-9-10-23(17(3)25(20)30)32-13-5-4-12-31-19-8-6-18(21(26)15-19)7-11-24(28)29/h6-11,15-16,26,30H,4-5,12-14H2,1-3H3,(H,28,29)/b11-7+. The van der Waals surface area contributed by atoms with Crippen LogP contribution in [0.1, 0.15) is 54.6 Å². The zero-order chi connectivity index (χ0) is 23.7. The van der Waals surface area contributed by atoms with Crippen molar-refractivity contribution in [2.24, 2.45) is 5.92 Å². The van der Waals surface area contributed by atoms with Crippen molar-refractivity contribution in [1.29, 1.82) is 0 Å². The molecule has 3 N–H and O–H groups in total. The van der Waals surface area contributed by atoms with E-state index in [1.807, 2.05) is 13.8 Å². The number of aromatic hydroxyl groups is 2. The van der Waals surface area contributed by atoms with Crippen molar-refractivity contribution in [2.45, 2.75) is 40.0 Å². The van der Waals surface area contributed by atoms with Gasteiger partial charge < -0.3 is 24.8 Å². The Morgan fingerprint density at radius 1 is 1.03 bits per heavy atom. The highest BCUT2D eigenvalue weighted by Crippen LogP contribution is 2.32. The number of phenols is 2. The van der Waals surface area contributed by atoms with E-state index < -0.39 is 5.97 Å². The number of carbonyl (C=O) groups excluding carboxylic acids is 1. The summed E-state index contributed by atoms with van der Waals surface area (Å²) in [5.41, 5.74) is 1.26. The van der Waals surface area contributed by atoms with Gasteiger partial charge in [-0.1, -0.05) is 13.8 Å². The third-order valence-electron chi connectivity index (χ3n) is 4.75. The molecule has 0 fully saturated rings. The Bertz CT molecular complexity index is 976. The van der Waals surface area contributed by atoms with Gasteiger partial charge >= 0.3 is 5.97 Å². The Balaban J connectivity index is 1.78. The van der Waals surface area contributed by atoms with E-state index in [0.717, 1.165) is 6.08 Å². The molecule has 7 nitrogen and oxygen atoms in total. The number of Topliss-reactive ketones (excluding diaryl/α,β-unsaturated/α-hetero) is 1. The lowest BCUT2D eigenvalue weighted by Crippen LogP contribution is -2.06. The molecule has 0 aliphatic heterocycles. The van der Waals surface area contributed by atoms with Crippen LogP contribution in [-0.2, 0) is 4.79 Å². The van der Waals surface area contributed by atoms with Gasteiger partial charge in [-0.15, -0.1) is 0 Å². The van der Waals surface area contributed by atoms with E-state index in [0.29, 0.717) is 60.7 Å². The summed E-state index contributed by atoms with van der Waals surface area (Å²) < 4.78 is 11.3. The van der Waals surface area contributed by atoms with Crippen molar-refractivity contribution in [3.63, 3.8) is 0 Å². The molecule has 7 heteroatoms. The lowest BCUT2D eigenvalue weighted by atomic mass is 9.98. The maximum Gasteiger partial charge on any atom is 0.328 e. The first kappa shape index (κ1) is 24.8. The quantitative estimate of drug-likeness (QED) is 0.242. The van der Waals surface area contributed by atoms with E-state index in [-0.39, 0.29) is 23.2 Å². The number of ether oxygens (including phenoxy) is 2. The zero-order valence-corrected chi connectivity index (χ0v) is 18.6. The van der Waals surface area contributed by atoms with Gasteiger partial charge in [0.05, 0.1) is 18.8 Å². The fraction of sp³-hybridized carbons (Fsp3) is 0.360. The molecule has 2 rings (SSSR count). The molecule has 0 radical (unpaired) electrons. The highest BCUT2D eigenvalue weighted by molar-refractivity contribution is 5.99. The molecule has 172 valence electrons. The fourth-order valence-electron chi connectivity index (χ4n) is 3.04. The van der Waals surface area contributed by atoms with Gasteiger partial charge in [-0.05, 0) is 56.0 Å². The molecule has 0 atom stereocenters. The number of carboxylic acids is 1. The maximum absolute atomic E-state index is 12.2. The van der Waals surface area contributed by atoms with Crippen LogP contribution >= 0.6 is 0 Å². The highest BCUT2D eigenvalue weighted by Gasteiger charge is 2.17. The lowest BCUT2D eigenvalue weighted by molar-refractivity contribution is -0.131. The van der Waals surface area contributed by atoms with Crippen LogP contribution < -0.4 is 9.47 Å².